The van der Waals surface area contributed by atoms with Gasteiger partial charge < -0.3 is 19.2 Å². The van der Waals surface area contributed by atoms with Crippen molar-refractivity contribution in [2.75, 3.05) is 0 Å². The van der Waals surface area contributed by atoms with Gasteiger partial charge in [-0.2, -0.15) is 5.10 Å². The van der Waals surface area contributed by atoms with Gasteiger partial charge in [-0.3, -0.25) is 0 Å². The molecule has 35 heavy (non-hydrogen) atoms. The molecule has 2 aromatic carbocycles. The van der Waals surface area contributed by atoms with Crippen LogP contribution in [0.4, 0.5) is 4.79 Å². The second-order valence-electron chi connectivity index (χ2n) is 8.62. The number of benzene rings is 2. The van der Waals surface area contributed by atoms with Crippen LogP contribution < -0.4 is 5.32 Å². The fraction of sp³-hybridized carbons (Fsp3) is 0.143. The molecule has 0 radical (unpaired) electrons. The van der Waals surface area contributed by atoms with Crippen molar-refractivity contribution in [2.45, 2.75) is 26.1 Å². The number of urea groups is 1. The second kappa shape index (κ2) is 8.68. The van der Waals surface area contributed by atoms with Crippen molar-refractivity contribution >= 4 is 6.03 Å². The van der Waals surface area contributed by atoms with E-state index >= 15 is 0 Å². The summed E-state index contributed by atoms with van der Waals surface area (Å²) < 4.78 is 9.57. The number of nitrogens with zero attached hydrogens (tertiary/aromatic N) is 4. The number of fused-ring (bicyclic) bond motifs is 3. The van der Waals surface area contributed by atoms with E-state index in [0.29, 0.717) is 18.8 Å². The zero-order chi connectivity index (χ0) is 23.8. The highest BCUT2D eigenvalue weighted by Gasteiger charge is 2.35. The topological polar surface area (TPSA) is 68.2 Å². The van der Waals surface area contributed by atoms with E-state index in [1.165, 1.54) is 0 Å². The lowest BCUT2D eigenvalue weighted by Crippen LogP contribution is -2.41. The third-order valence-corrected chi connectivity index (χ3v) is 6.46. The molecule has 0 spiro atoms. The first-order chi connectivity index (χ1) is 17.2. The van der Waals surface area contributed by atoms with Crippen LogP contribution in [0, 0.1) is 6.92 Å². The maximum absolute atomic E-state index is 13.7. The molecule has 7 nitrogen and oxygen atoms in total. The quantitative estimate of drug-likeness (QED) is 0.389. The lowest BCUT2D eigenvalue weighted by molar-refractivity contribution is 0.179. The van der Waals surface area contributed by atoms with E-state index in [1.54, 1.807) is 6.26 Å². The van der Waals surface area contributed by atoms with Crippen molar-refractivity contribution < 1.29 is 9.21 Å². The predicted octanol–water partition coefficient (Wildman–Crippen LogP) is 5.38. The minimum atomic E-state index is -0.279. The number of nitrogens with one attached hydrogen (secondary N) is 1. The Balaban J connectivity index is 1.50. The van der Waals surface area contributed by atoms with Gasteiger partial charge in [0.05, 0.1) is 42.5 Å². The maximum Gasteiger partial charge on any atom is 0.318 e. The third kappa shape index (κ3) is 3.71. The number of amides is 2. The summed E-state index contributed by atoms with van der Waals surface area (Å²) in [6.07, 6.45) is 3.66. The normalized spacial score (nSPS) is 14.8. The summed E-state index contributed by atoms with van der Waals surface area (Å²) in [5.41, 5.74) is 4.92. The summed E-state index contributed by atoms with van der Waals surface area (Å²) in [4.78, 5) is 15.6. The fourth-order valence-electron chi connectivity index (χ4n) is 4.81. The highest BCUT2D eigenvalue weighted by Crippen LogP contribution is 2.38. The highest BCUT2D eigenvalue weighted by molar-refractivity contribution is 5.76. The first kappa shape index (κ1) is 21.0. The molecule has 6 rings (SSSR count). The van der Waals surface area contributed by atoms with Gasteiger partial charge in [-0.15, -0.1) is 0 Å². The second-order valence-corrected chi connectivity index (χ2v) is 8.62. The Hall–Kier alpha value is -4.52. The summed E-state index contributed by atoms with van der Waals surface area (Å²) in [5.74, 6) is 1.66. The Morgan fingerprint density at radius 1 is 1.00 bits per heavy atom. The molecular formula is C28H25N5O2. The van der Waals surface area contributed by atoms with E-state index in [1.807, 2.05) is 83.2 Å². The Bertz CT molecular complexity index is 1450. The minimum absolute atomic E-state index is 0.164. The maximum atomic E-state index is 13.7. The van der Waals surface area contributed by atoms with Crippen LogP contribution >= 0.6 is 0 Å². The zero-order valence-corrected chi connectivity index (χ0v) is 19.3. The molecule has 5 aromatic rings. The molecular weight excluding hydrogens is 438 g/mol. The molecule has 1 atom stereocenters. The van der Waals surface area contributed by atoms with Crippen LogP contribution in [0.5, 0.6) is 0 Å². The summed E-state index contributed by atoms with van der Waals surface area (Å²) >= 11 is 0. The van der Waals surface area contributed by atoms with Crippen molar-refractivity contribution in [1.82, 2.24) is 24.6 Å². The number of hydrogen-bond donors (Lipinski definition) is 1. The molecule has 0 aliphatic carbocycles. The monoisotopic (exact) mass is 463 g/mol. The molecule has 1 unspecified atom stereocenters. The van der Waals surface area contributed by atoms with Gasteiger partial charge in [-0.05, 0) is 48.9 Å². The van der Waals surface area contributed by atoms with Gasteiger partial charge in [0.15, 0.2) is 0 Å². The summed E-state index contributed by atoms with van der Waals surface area (Å²) in [5, 5.41) is 7.93. The van der Waals surface area contributed by atoms with Crippen LogP contribution in [0.3, 0.4) is 0 Å². The Morgan fingerprint density at radius 3 is 2.51 bits per heavy atom. The SMILES string of the molecule is Cc1nn(-c2ccccc2)c2c1CN(C(=O)NCc1ccco1)C(c1ccccc1)c1cccn1-2. The molecule has 0 saturated heterocycles. The van der Waals surface area contributed by atoms with Crippen molar-refractivity contribution in [3.63, 3.8) is 0 Å². The van der Waals surface area contributed by atoms with Crippen molar-refractivity contribution in [1.29, 1.82) is 0 Å². The smallest absolute Gasteiger partial charge is 0.318 e. The Labute approximate surface area is 203 Å². The van der Waals surface area contributed by atoms with E-state index in [0.717, 1.165) is 34.0 Å². The molecule has 1 N–H and O–H groups in total. The molecule has 174 valence electrons. The average Bonchev–Trinajstić information content (AvgIpc) is 3.63. The first-order valence-corrected chi connectivity index (χ1v) is 11.6. The minimum Gasteiger partial charge on any atom is -0.467 e. The van der Waals surface area contributed by atoms with Gasteiger partial charge in [-0.25, -0.2) is 9.48 Å². The van der Waals surface area contributed by atoms with Crippen LogP contribution in [0.1, 0.15) is 34.3 Å². The van der Waals surface area contributed by atoms with E-state index in [4.69, 9.17) is 9.52 Å². The van der Waals surface area contributed by atoms with Crippen LogP contribution in [0.15, 0.2) is 102 Å². The molecule has 1 aliphatic heterocycles. The standard InChI is InChI=1S/C28H25N5O2/c1-20-24-19-32(28(34)29-18-23-14-9-17-35-23)26(21-10-4-2-5-11-21)25-15-8-16-31(25)27(24)33(30-20)22-12-6-3-7-13-22/h2-17,26H,18-19H2,1H3,(H,29,34). The number of carbonyl (C=O) groups is 1. The molecule has 3 aromatic heterocycles. The highest BCUT2D eigenvalue weighted by atomic mass is 16.3. The summed E-state index contributed by atoms with van der Waals surface area (Å²) in [6.45, 7) is 2.74. The number of para-hydroxylation sites is 1. The third-order valence-electron chi connectivity index (χ3n) is 6.46. The van der Waals surface area contributed by atoms with E-state index < -0.39 is 0 Å². The van der Waals surface area contributed by atoms with Crippen molar-refractivity contribution in [3.05, 3.63) is 126 Å². The molecule has 0 fully saturated rings. The van der Waals surface area contributed by atoms with Crippen LogP contribution in [-0.4, -0.2) is 25.3 Å². The van der Waals surface area contributed by atoms with E-state index in [-0.39, 0.29) is 12.1 Å². The molecule has 2 amide bonds. The van der Waals surface area contributed by atoms with Gasteiger partial charge in [0.25, 0.3) is 0 Å². The van der Waals surface area contributed by atoms with Gasteiger partial charge >= 0.3 is 6.03 Å². The lowest BCUT2D eigenvalue weighted by atomic mass is 10.0. The van der Waals surface area contributed by atoms with Crippen molar-refractivity contribution in [3.8, 4) is 11.5 Å². The average molecular weight is 464 g/mol. The number of furan rings is 1. The number of aryl methyl sites for hydroxylation is 1. The van der Waals surface area contributed by atoms with Crippen LogP contribution in [0.2, 0.25) is 0 Å². The first-order valence-electron chi connectivity index (χ1n) is 11.6. The van der Waals surface area contributed by atoms with Crippen LogP contribution in [0.25, 0.3) is 11.5 Å². The number of hydrogen-bond acceptors (Lipinski definition) is 3. The van der Waals surface area contributed by atoms with Gasteiger partial charge in [0.2, 0.25) is 0 Å². The molecule has 7 heteroatoms. The number of rotatable bonds is 4. The lowest BCUT2D eigenvalue weighted by Gasteiger charge is -2.31. The number of aromatic nitrogens is 3. The summed E-state index contributed by atoms with van der Waals surface area (Å²) in [6, 6.07) is 27.6. The number of carbonyl (C=O) groups excluding carboxylic acids is 1. The largest absolute Gasteiger partial charge is 0.467 e. The predicted molar refractivity (Wildman–Crippen MR) is 132 cm³/mol. The van der Waals surface area contributed by atoms with Gasteiger partial charge in [0, 0.05) is 11.8 Å². The van der Waals surface area contributed by atoms with E-state index in [9.17, 15) is 4.79 Å². The van der Waals surface area contributed by atoms with Gasteiger partial charge in [0.1, 0.15) is 11.6 Å². The Morgan fingerprint density at radius 2 is 1.77 bits per heavy atom. The molecule has 0 saturated carbocycles. The molecule has 0 bridgehead atoms. The summed E-state index contributed by atoms with van der Waals surface area (Å²) in [7, 11) is 0. The molecule has 1 aliphatic rings. The fourth-order valence-corrected chi connectivity index (χ4v) is 4.81. The van der Waals surface area contributed by atoms with Crippen LogP contribution in [-0.2, 0) is 13.1 Å². The van der Waals surface area contributed by atoms with E-state index in [2.05, 4.69) is 34.3 Å². The zero-order valence-electron chi connectivity index (χ0n) is 19.3. The van der Waals surface area contributed by atoms with Gasteiger partial charge in [-0.1, -0.05) is 48.5 Å². The van der Waals surface area contributed by atoms with Crippen molar-refractivity contribution in [2.24, 2.45) is 0 Å². The Kier molecular flexibility index (Phi) is 5.22. The molecule has 4 heterocycles.